The molecule has 1 saturated carbocycles. The SMILES string of the molecule is COC(=O)[C@]1(O[Si](C)(C)C(C)(C)C)C[C@@H](O)C(=O)[C@@H](N=[N+]=[N-])[C@@H]1O[Si](C)(C)C(C)(C)C. The van der Waals surface area contributed by atoms with Gasteiger partial charge in [-0.2, -0.15) is 0 Å². The molecule has 1 aliphatic rings. The third-order valence-corrected chi connectivity index (χ3v) is 16.0. The molecule has 31 heavy (non-hydrogen) atoms. The highest BCUT2D eigenvalue weighted by Gasteiger charge is 2.63. The van der Waals surface area contributed by atoms with Gasteiger partial charge in [0.1, 0.15) is 12.1 Å². The lowest BCUT2D eigenvalue weighted by Gasteiger charge is -2.53. The van der Waals surface area contributed by atoms with Gasteiger partial charge < -0.3 is 18.7 Å². The van der Waals surface area contributed by atoms with Crippen molar-refractivity contribution in [2.24, 2.45) is 5.11 Å². The molecule has 9 nitrogen and oxygen atoms in total. The number of carbonyl (C=O) groups is 2. The third kappa shape index (κ3) is 5.40. The second kappa shape index (κ2) is 8.95. The van der Waals surface area contributed by atoms with E-state index in [9.17, 15) is 14.7 Å². The normalized spacial score (nSPS) is 28.1. The van der Waals surface area contributed by atoms with Crippen molar-refractivity contribution in [3.63, 3.8) is 0 Å². The molecule has 0 aromatic rings. The average molecular weight is 474 g/mol. The Morgan fingerprint density at radius 1 is 1.13 bits per heavy atom. The summed E-state index contributed by atoms with van der Waals surface area (Å²) >= 11 is 0. The van der Waals surface area contributed by atoms with Crippen LogP contribution >= 0.6 is 0 Å². The smallest absolute Gasteiger partial charge is 0.339 e. The van der Waals surface area contributed by atoms with Crippen LogP contribution in [0, 0.1) is 0 Å². The van der Waals surface area contributed by atoms with Crippen LogP contribution in [0.5, 0.6) is 0 Å². The van der Waals surface area contributed by atoms with E-state index in [1.54, 1.807) is 0 Å². The number of azide groups is 1. The molecule has 0 bridgehead atoms. The molecule has 0 heterocycles. The van der Waals surface area contributed by atoms with Gasteiger partial charge in [0.2, 0.25) is 0 Å². The van der Waals surface area contributed by atoms with E-state index in [0.717, 1.165) is 0 Å². The molecule has 0 aromatic heterocycles. The highest BCUT2D eigenvalue weighted by atomic mass is 28.4. The van der Waals surface area contributed by atoms with Gasteiger partial charge in [-0.05, 0) is 41.8 Å². The predicted octanol–water partition coefficient (Wildman–Crippen LogP) is 4.32. The quantitative estimate of drug-likeness (QED) is 0.201. The Balaban J connectivity index is 3.83. The number of nitrogens with zero attached hydrogens (tertiary/aromatic N) is 3. The van der Waals surface area contributed by atoms with Crippen molar-refractivity contribution in [2.45, 2.75) is 108 Å². The van der Waals surface area contributed by atoms with E-state index in [2.05, 4.69) is 10.0 Å². The van der Waals surface area contributed by atoms with Crippen molar-refractivity contribution < 1.29 is 28.3 Å². The van der Waals surface area contributed by atoms with Crippen LogP contribution in [0.2, 0.25) is 36.3 Å². The number of esters is 1. The first-order valence-corrected chi connectivity index (χ1v) is 16.3. The predicted molar refractivity (Wildman–Crippen MR) is 124 cm³/mol. The van der Waals surface area contributed by atoms with Gasteiger partial charge in [-0.1, -0.05) is 46.7 Å². The maximum absolute atomic E-state index is 13.3. The van der Waals surface area contributed by atoms with Gasteiger partial charge >= 0.3 is 5.97 Å². The molecule has 0 spiro atoms. The summed E-state index contributed by atoms with van der Waals surface area (Å²) in [5.41, 5.74) is 7.38. The first-order valence-electron chi connectivity index (χ1n) is 10.5. The van der Waals surface area contributed by atoms with E-state index in [4.69, 9.17) is 19.1 Å². The van der Waals surface area contributed by atoms with Crippen molar-refractivity contribution in [2.75, 3.05) is 7.11 Å². The van der Waals surface area contributed by atoms with Crippen LogP contribution in [-0.4, -0.2) is 64.5 Å². The van der Waals surface area contributed by atoms with Gasteiger partial charge in [0.05, 0.1) is 13.2 Å². The number of Topliss-reactive ketones (excluding diaryl/α,β-unsaturated/α-hetero) is 1. The first-order chi connectivity index (χ1) is 13.8. The lowest BCUT2D eigenvalue weighted by Crippen LogP contribution is -2.71. The van der Waals surface area contributed by atoms with Crippen LogP contribution in [0.4, 0.5) is 0 Å². The van der Waals surface area contributed by atoms with Crippen molar-refractivity contribution in [1.82, 2.24) is 0 Å². The number of carbonyl (C=O) groups excluding carboxylic acids is 2. The van der Waals surface area contributed by atoms with Gasteiger partial charge in [0, 0.05) is 11.3 Å². The Hall–Kier alpha value is -1.24. The van der Waals surface area contributed by atoms with E-state index in [-0.39, 0.29) is 16.5 Å². The summed E-state index contributed by atoms with van der Waals surface area (Å²) in [6.45, 7) is 20.0. The summed E-state index contributed by atoms with van der Waals surface area (Å²) < 4.78 is 18.3. The number of hydrogen-bond acceptors (Lipinski definition) is 7. The number of ether oxygens (including phenoxy) is 1. The van der Waals surface area contributed by atoms with E-state index in [1.807, 2.05) is 67.7 Å². The molecular formula is C20H39N3O6Si2. The molecule has 0 amide bonds. The Morgan fingerprint density at radius 2 is 1.61 bits per heavy atom. The molecule has 1 N–H and O–H groups in total. The van der Waals surface area contributed by atoms with Crippen molar-refractivity contribution in [3.05, 3.63) is 10.4 Å². The molecule has 178 valence electrons. The molecule has 1 rings (SSSR count). The highest BCUT2D eigenvalue weighted by Crippen LogP contribution is 2.47. The second-order valence-electron chi connectivity index (χ2n) is 11.3. The summed E-state index contributed by atoms with van der Waals surface area (Å²) in [7, 11) is -3.98. The molecule has 1 fully saturated rings. The maximum atomic E-state index is 13.3. The zero-order valence-electron chi connectivity index (χ0n) is 20.8. The number of ketones is 1. The highest BCUT2D eigenvalue weighted by molar-refractivity contribution is 6.75. The summed E-state index contributed by atoms with van der Waals surface area (Å²) in [6.07, 6.45) is -3.07. The van der Waals surface area contributed by atoms with Crippen LogP contribution < -0.4 is 0 Å². The maximum Gasteiger partial charge on any atom is 0.339 e. The lowest BCUT2D eigenvalue weighted by molar-refractivity contribution is -0.185. The standard InChI is InChI=1S/C20H39N3O6Si2/c1-18(2,3)30(8,9)28-16-14(22-23-21)15(25)13(24)12-20(16,17(26)27-7)29-31(10,11)19(4,5)6/h13-14,16,24H,12H2,1-11H3/t13-,14-,16+,20+/m1/s1. The van der Waals surface area contributed by atoms with Gasteiger partial charge in [-0.3, -0.25) is 4.79 Å². The number of aliphatic hydroxyl groups excluding tert-OH is 1. The zero-order valence-corrected chi connectivity index (χ0v) is 22.8. The summed E-state index contributed by atoms with van der Waals surface area (Å²) in [5.74, 6) is -1.43. The third-order valence-electron chi connectivity index (χ3n) is 7.04. The minimum absolute atomic E-state index is 0.258. The number of hydrogen-bond donors (Lipinski definition) is 1. The zero-order chi connectivity index (χ0) is 24.6. The van der Waals surface area contributed by atoms with Crippen molar-refractivity contribution in [1.29, 1.82) is 0 Å². The van der Waals surface area contributed by atoms with Crippen LogP contribution in [0.25, 0.3) is 10.4 Å². The van der Waals surface area contributed by atoms with Crippen molar-refractivity contribution in [3.8, 4) is 0 Å². The van der Waals surface area contributed by atoms with Gasteiger partial charge in [0.15, 0.2) is 28.0 Å². The molecule has 0 unspecified atom stereocenters. The summed E-state index contributed by atoms with van der Waals surface area (Å²) in [5, 5.41) is 13.7. The van der Waals surface area contributed by atoms with Gasteiger partial charge in [0.25, 0.3) is 0 Å². The molecule has 4 atom stereocenters. The van der Waals surface area contributed by atoms with Crippen molar-refractivity contribution >= 4 is 28.4 Å². The summed E-state index contributed by atoms with van der Waals surface area (Å²) in [6, 6.07) is -1.41. The number of methoxy groups -OCH3 is 1. The fourth-order valence-corrected chi connectivity index (χ4v) is 5.86. The van der Waals surface area contributed by atoms with E-state index >= 15 is 0 Å². The minimum atomic E-state index is -2.63. The van der Waals surface area contributed by atoms with Crippen LogP contribution in [0.15, 0.2) is 5.11 Å². The monoisotopic (exact) mass is 473 g/mol. The van der Waals surface area contributed by atoms with Crippen LogP contribution in [0.3, 0.4) is 0 Å². The van der Waals surface area contributed by atoms with Crippen LogP contribution in [-0.2, 0) is 23.2 Å². The average Bonchev–Trinajstić information content (AvgIpc) is 2.59. The molecule has 1 aliphatic carbocycles. The first kappa shape index (κ1) is 27.8. The van der Waals surface area contributed by atoms with Gasteiger partial charge in [-0.15, -0.1) is 0 Å². The molecule has 0 radical (unpaired) electrons. The Labute approximate surface area is 187 Å². The molecule has 11 heteroatoms. The van der Waals surface area contributed by atoms with Crippen LogP contribution in [0.1, 0.15) is 48.0 Å². The van der Waals surface area contributed by atoms with Gasteiger partial charge in [-0.25, -0.2) is 4.79 Å². The molecule has 0 saturated heterocycles. The minimum Gasteiger partial charge on any atom is -0.467 e. The molecular weight excluding hydrogens is 434 g/mol. The second-order valence-corrected chi connectivity index (χ2v) is 20.8. The molecule has 0 aliphatic heterocycles. The molecule has 0 aromatic carbocycles. The fourth-order valence-electron chi connectivity index (χ4n) is 3.05. The number of aliphatic hydroxyl groups is 1. The summed E-state index contributed by atoms with van der Waals surface area (Å²) in [4.78, 5) is 29.0. The fraction of sp³-hybridized carbons (Fsp3) is 0.900. The van der Waals surface area contributed by atoms with E-state index < -0.39 is 52.2 Å². The topological polar surface area (TPSA) is 131 Å². The lowest BCUT2D eigenvalue weighted by atomic mass is 9.77. The Morgan fingerprint density at radius 3 is 2.00 bits per heavy atom. The Kier molecular flexibility index (Phi) is 8.03. The van der Waals surface area contributed by atoms with E-state index in [1.165, 1.54) is 7.11 Å². The number of rotatable bonds is 6. The largest absolute Gasteiger partial charge is 0.467 e. The van der Waals surface area contributed by atoms with E-state index in [0.29, 0.717) is 0 Å². The Bertz CT molecular complexity index is 753.